The number of hydrogen-bond donors (Lipinski definition) is 3. The van der Waals surface area contributed by atoms with Crippen molar-refractivity contribution in [3.05, 3.63) is 30.3 Å². The second kappa shape index (κ2) is 5.53. The summed E-state index contributed by atoms with van der Waals surface area (Å²) in [7, 11) is 0. The molecule has 0 aliphatic carbocycles. The number of hydrogen-bond acceptors (Lipinski definition) is 6. The van der Waals surface area contributed by atoms with Gasteiger partial charge in [0, 0.05) is 6.07 Å². The van der Waals surface area contributed by atoms with Crippen molar-refractivity contribution in [3.63, 3.8) is 0 Å². The van der Waals surface area contributed by atoms with E-state index in [1.807, 2.05) is 31.2 Å². The second-order valence-electron chi connectivity index (χ2n) is 4.38. The van der Waals surface area contributed by atoms with Crippen molar-refractivity contribution < 1.29 is 4.74 Å². The van der Waals surface area contributed by atoms with E-state index >= 15 is 0 Å². The van der Waals surface area contributed by atoms with Gasteiger partial charge in [-0.2, -0.15) is 0 Å². The smallest absolute Gasteiger partial charge is 0.172 e. The first kappa shape index (κ1) is 13.6. The molecule has 108 valence electrons. The summed E-state index contributed by atoms with van der Waals surface area (Å²) in [6, 6.07) is 9.31. The fourth-order valence-corrected chi connectivity index (χ4v) is 2.68. The number of anilines is 2. The van der Waals surface area contributed by atoms with Crippen LogP contribution in [0.4, 0.5) is 11.5 Å². The minimum Gasteiger partial charge on any atom is -0.494 e. The second-order valence-corrected chi connectivity index (χ2v) is 5.39. The lowest BCUT2D eigenvalue weighted by molar-refractivity contribution is 0.340. The summed E-state index contributed by atoms with van der Waals surface area (Å²) in [4.78, 5) is 12.0. The zero-order valence-corrected chi connectivity index (χ0v) is 12.3. The monoisotopic (exact) mass is 301 g/mol. The van der Waals surface area contributed by atoms with Gasteiger partial charge < -0.3 is 21.2 Å². The van der Waals surface area contributed by atoms with Crippen molar-refractivity contribution in [1.29, 1.82) is 0 Å². The third kappa shape index (κ3) is 2.87. The number of ether oxygens (including phenoxy) is 1. The summed E-state index contributed by atoms with van der Waals surface area (Å²) < 4.78 is 5.47. The molecule has 3 rings (SSSR count). The SMILES string of the molecule is CCOc1ccc2nc(Sc3ccc(N)c(N)n3)[nH]c2c1. The highest BCUT2D eigenvalue weighted by molar-refractivity contribution is 7.99. The van der Waals surface area contributed by atoms with Crippen molar-refractivity contribution in [3.8, 4) is 5.75 Å². The molecule has 2 aromatic heterocycles. The summed E-state index contributed by atoms with van der Waals surface area (Å²) in [6.45, 7) is 2.59. The van der Waals surface area contributed by atoms with E-state index in [-0.39, 0.29) is 0 Å². The quantitative estimate of drug-likeness (QED) is 0.684. The lowest BCUT2D eigenvalue weighted by Gasteiger charge is -2.01. The molecule has 0 bridgehead atoms. The van der Waals surface area contributed by atoms with E-state index in [2.05, 4.69) is 15.0 Å². The molecule has 1 aromatic carbocycles. The molecule has 7 heteroatoms. The topological polar surface area (TPSA) is 103 Å². The number of nitrogens with zero attached hydrogens (tertiary/aromatic N) is 2. The fourth-order valence-electron chi connectivity index (χ4n) is 1.89. The van der Waals surface area contributed by atoms with E-state index in [4.69, 9.17) is 16.2 Å². The van der Waals surface area contributed by atoms with Crippen molar-refractivity contribution in [2.75, 3.05) is 18.1 Å². The van der Waals surface area contributed by atoms with E-state index in [1.54, 1.807) is 6.07 Å². The lowest BCUT2D eigenvalue weighted by atomic mass is 10.3. The summed E-state index contributed by atoms with van der Waals surface area (Å²) >= 11 is 1.40. The van der Waals surface area contributed by atoms with Gasteiger partial charge in [0.2, 0.25) is 0 Å². The number of imidazole rings is 1. The van der Waals surface area contributed by atoms with Crippen LogP contribution in [-0.2, 0) is 0 Å². The number of nitrogens with two attached hydrogens (primary N) is 2. The van der Waals surface area contributed by atoms with Gasteiger partial charge in [-0.1, -0.05) is 0 Å². The predicted octanol–water partition coefficient (Wildman–Crippen LogP) is 2.67. The van der Waals surface area contributed by atoms with Crippen LogP contribution in [-0.4, -0.2) is 21.6 Å². The Kier molecular flexibility index (Phi) is 3.57. The Bertz CT molecular complexity index is 786. The van der Waals surface area contributed by atoms with Gasteiger partial charge in [-0.25, -0.2) is 9.97 Å². The molecule has 0 aliphatic rings. The Morgan fingerprint density at radius 2 is 2.05 bits per heavy atom. The van der Waals surface area contributed by atoms with Crippen molar-refractivity contribution in [1.82, 2.24) is 15.0 Å². The minimum absolute atomic E-state index is 0.328. The minimum atomic E-state index is 0.328. The van der Waals surface area contributed by atoms with E-state index in [1.165, 1.54) is 11.8 Å². The molecule has 0 spiro atoms. The van der Waals surface area contributed by atoms with Crippen molar-refractivity contribution in [2.45, 2.75) is 17.1 Å². The molecule has 0 aliphatic heterocycles. The number of pyridine rings is 1. The highest BCUT2D eigenvalue weighted by atomic mass is 32.2. The van der Waals surface area contributed by atoms with Crippen LogP contribution < -0.4 is 16.2 Å². The number of benzene rings is 1. The van der Waals surface area contributed by atoms with Crippen LogP contribution in [0.1, 0.15) is 6.92 Å². The van der Waals surface area contributed by atoms with E-state index in [9.17, 15) is 0 Å². The number of fused-ring (bicyclic) bond motifs is 1. The first-order valence-corrected chi connectivity index (χ1v) is 7.30. The van der Waals surface area contributed by atoms with Crippen molar-refractivity contribution >= 4 is 34.3 Å². The van der Waals surface area contributed by atoms with Crippen molar-refractivity contribution in [2.24, 2.45) is 0 Å². The Balaban J connectivity index is 1.88. The molecular formula is C14H15N5OS. The molecule has 0 saturated heterocycles. The van der Waals surface area contributed by atoms with Gasteiger partial charge in [0.15, 0.2) is 5.16 Å². The largest absolute Gasteiger partial charge is 0.494 e. The number of H-pyrrole nitrogens is 1. The maximum Gasteiger partial charge on any atom is 0.172 e. The standard InChI is InChI=1S/C14H15N5OS/c1-2-20-8-3-5-10-11(7-8)18-14(17-10)21-12-6-4-9(15)13(16)19-12/h3-7H,2,15H2,1H3,(H2,16,19)(H,17,18). The molecule has 21 heavy (non-hydrogen) atoms. The molecule has 0 saturated carbocycles. The molecule has 0 fully saturated rings. The van der Waals surface area contributed by atoms with E-state index < -0.39 is 0 Å². The van der Waals surface area contributed by atoms with Crippen LogP contribution in [0.25, 0.3) is 11.0 Å². The van der Waals surface area contributed by atoms with Crippen LogP contribution in [0.3, 0.4) is 0 Å². The van der Waals surface area contributed by atoms with Gasteiger partial charge in [-0.3, -0.25) is 0 Å². The summed E-state index contributed by atoms with van der Waals surface area (Å²) in [5.74, 6) is 1.15. The van der Waals surface area contributed by atoms with Gasteiger partial charge in [0.1, 0.15) is 16.6 Å². The highest BCUT2D eigenvalue weighted by Crippen LogP contribution is 2.28. The normalized spacial score (nSPS) is 10.9. The summed E-state index contributed by atoms with van der Waals surface area (Å²) in [5.41, 5.74) is 13.6. The van der Waals surface area contributed by atoms with Gasteiger partial charge >= 0.3 is 0 Å². The summed E-state index contributed by atoms with van der Waals surface area (Å²) in [6.07, 6.45) is 0. The van der Waals surface area contributed by atoms with Gasteiger partial charge in [-0.05, 0) is 43.0 Å². The Morgan fingerprint density at radius 1 is 1.19 bits per heavy atom. The lowest BCUT2D eigenvalue weighted by Crippen LogP contribution is -1.97. The zero-order chi connectivity index (χ0) is 14.8. The third-order valence-electron chi connectivity index (χ3n) is 2.88. The van der Waals surface area contributed by atoms with E-state index in [0.29, 0.717) is 18.1 Å². The Labute approximate surface area is 125 Å². The zero-order valence-electron chi connectivity index (χ0n) is 11.5. The molecule has 0 atom stereocenters. The first-order chi connectivity index (χ1) is 10.2. The number of rotatable bonds is 4. The average molecular weight is 301 g/mol. The number of nitrogen functional groups attached to an aromatic ring is 2. The van der Waals surface area contributed by atoms with E-state index in [0.717, 1.165) is 27.0 Å². The fraction of sp³-hybridized carbons (Fsp3) is 0.143. The third-order valence-corrected chi connectivity index (χ3v) is 3.70. The number of aromatic amines is 1. The molecule has 5 N–H and O–H groups in total. The molecule has 2 heterocycles. The van der Waals surface area contributed by atoms with Gasteiger partial charge in [0.05, 0.1) is 23.3 Å². The molecule has 6 nitrogen and oxygen atoms in total. The maximum atomic E-state index is 5.71. The number of aromatic nitrogens is 3. The molecule has 0 radical (unpaired) electrons. The van der Waals surface area contributed by atoms with Gasteiger partial charge in [0.25, 0.3) is 0 Å². The Hall–Kier alpha value is -2.41. The average Bonchev–Trinajstić information content (AvgIpc) is 2.85. The van der Waals surface area contributed by atoms with Crippen LogP contribution in [0.15, 0.2) is 40.5 Å². The Morgan fingerprint density at radius 3 is 2.81 bits per heavy atom. The van der Waals surface area contributed by atoms with Crippen LogP contribution in [0.5, 0.6) is 5.75 Å². The predicted molar refractivity (Wildman–Crippen MR) is 84.4 cm³/mol. The highest BCUT2D eigenvalue weighted by Gasteiger charge is 2.08. The maximum absolute atomic E-state index is 5.71. The van der Waals surface area contributed by atoms with Gasteiger partial charge in [-0.15, -0.1) is 0 Å². The molecule has 0 amide bonds. The molecule has 0 unspecified atom stereocenters. The van der Waals surface area contributed by atoms with Crippen LogP contribution in [0.2, 0.25) is 0 Å². The number of nitrogens with one attached hydrogen (secondary N) is 1. The molecule has 3 aromatic rings. The first-order valence-electron chi connectivity index (χ1n) is 6.48. The van der Waals surface area contributed by atoms with Crippen LogP contribution >= 0.6 is 11.8 Å². The van der Waals surface area contributed by atoms with Crippen LogP contribution in [0, 0.1) is 0 Å². The summed E-state index contributed by atoms with van der Waals surface area (Å²) in [5, 5.41) is 1.49. The molecular weight excluding hydrogens is 286 g/mol.